The van der Waals surface area contributed by atoms with Gasteiger partial charge in [0.1, 0.15) is 5.75 Å². The predicted octanol–water partition coefficient (Wildman–Crippen LogP) is 3.29. The van der Waals surface area contributed by atoms with Crippen LogP contribution in [0.3, 0.4) is 0 Å². The number of hydrogen-bond donors (Lipinski definition) is 1. The largest absolute Gasteiger partial charge is 0.496 e. The van der Waals surface area contributed by atoms with Crippen molar-refractivity contribution in [3.63, 3.8) is 0 Å². The summed E-state index contributed by atoms with van der Waals surface area (Å²) >= 11 is 0. The Balaban J connectivity index is 1.97. The summed E-state index contributed by atoms with van der Waals surface area (Å²) in [7, 11) is 1.65. The molecule has 0 heterocycles. The van der Waals surface area contributed by atoms with Gasteiger partial charge < -0.3 is 10.1 Å². The van der Waals surface area contributed by atoms with Gasteiger partial charge in [0, 0.05) is 18.2 Å². The molecule has 2 aromatic rings. The van der Waals surface area contributed by atoms with E-state index in [4.69, 9.17) is 10.00 Å². The standard InChI is InChI=1S/C18H20N2O/c1-14(10-15-6-4-3-5-7-15)20-13-17-11-16(12-19)8-9-18(17)21-2/h3-9,11,14,20H,10,13H2,1-2H3. The van der Waals surface area contributed by atoms with Crippen LogP contribution in [0.15, 0.2) is 48.5 Å². The normalized spacial score (nSPS) is 11.7. The minimum atomic E-state index is 0.350. The zero-order chi connectivity index (χ0) is 15.1. The Kier molecular flexibility index (Phi) is 5.36. The molecule has 0 saturated heterocycles. The molecule has 0 fully saturated rings. The first-order chi connectivity index (χ1) is 10.2. The van der Waals surface area contributed by atoms with Crippen molar-refractivity contribution in [2.75, 3.05) is 7.11 Å². The lowest BCUT2D eigenvalue weighted by molar-refractivity contribution is 0.405. The SMILES string of the molecule is COc1ccc(C#N)cc1CNC(C)Cc1ccccc1. The first kappa shape index (κ1) is 15.1. The van der Waals surface area contributed by atoms with Crippen molar-refractivity contribution in [2.45, 2.75) is 25.9 Å². The lowest BCUT2D eigenvalue weighted by Crippen LogP contribution is -2.27. The Morgan fingerprint density at radius 1 is 1.19 bits per heavy atom. The molecule has 1 N–H and O–H groups in total. The molecule has 0 aliphatic carbocycles. The van der Waals surface area contributed by atoms with Gasteiger partial charge in [0.15, 0.2) is 0 Å². The predicted molar refractivity (Wildman–Crippen MR) is 84.2 cm³/mol. The van der Waals surface area contributed by atoms with E-state index in [9.17, 15) is 0 Å². The van der Waals surface area contributed by atoms with E-state index in [1.54, 1.807) is 13.2 Å². The Morgan fingerprint density at radius 2 is 1.95 bits per heavy atom. The molecule has 0 amide bonds. The van der Waals surface area contributed by atoms with Crippen LogP contribution in [0.25, 0.3) is 0 Å². The van der Waals surface area contributed by atoms with Gasteiger partial charge in [-0.3, -0.25) is 0 Å². The lowest BCUT2D eigenvalue weighted by Gasteiger charge is -2.15. The summed E-state index contributed by atoms with van der Waals surface area (Å²) in [5, 5.41) is 12.5. The molecule has 0 spiro atoms. The zero-order valence-electron chi connectivity index (χ0n) is 12.5. The molecule has 0 radical (unpaired) electrons. The van der Waals surface area contributed by atoms with E-state index in [2.05, 4.69) is 42.6 Å². The Morgan fingerprint density at radius 3 is 2.62 bits per heavy atom. The highest BCUT2D eigenvalue weighted by atomic mass is 16.5. The molecule has 3 nitrogen and oxygen atoms in total. The van der Waals surface area contributed by atoms with Gasteiger partial charge in [0.05, 0.1) is 18.7 Å². The molecule has 0 aliphatic rings. The van der Waals surface area contributed by atoms with E-state index in [-0.39, 0.29) is 0 Å². The summed E-state index contributed by atoms with van der Waals surface area (Å²) in [6, 6.07) is 18.4. The second-order valence-corrected chi connectivity index (χ2v) is 5.11. The highest BCUT2D eigenvalue weighted by molar-refractivity contribution is 5.42. The Hall–Kier alpha value is -2.31. The molecular formula is C18H20N2O. The van der Waals surface area contributed by atoms with Gasteiger partial charge in [-0.25, -0.2) is 0 Å². The fourth-order valence-corrected chi connectivity index (χ4v) is 2.31. The fourth-order valence-electron chi connectivity index (χ4n) is 2.31. The molecule has 2 aromatic carbocycles. The van der Waals surface area contributed by atoms with E-state index in [0.717, 1.165) is 17.7 Å². The molecule has 0 bridgehead atoms. The summed E-state index contributed by atoms with van der Waals surface area (Å²) < 4.78 is 5.35. The number of nitrogens with one attached hydrogen (secondary N) is 1. The van der Waals surface area contributed by atoms with Crippen LogP contribution in [0.2, 0.25) is 0 Å². The zero-order valence-corrected chi connectivity index (χ0v) is 12.5. The maximum atomic E-state index is 8.99. The molecule has 1 unspecified atom stereocenters. The highest BCUT2D eigenvalue weighted by Crippen LogP contribution is 2.19. The number of nitriles is 1. The minimum Gasteiger partial charge on any atom is -0.496 e. The first-order valence-electron chi connectivity index (χ1n) is 7.07. The van der Waals surface area contributed by atoms with E-state index in [1.165, 1.54) is 5.56 Å². The third kappa shape index (κ3) is 4.34. The summed E-state index contributed by atoms with van der Waals surface area (Å²) in [6.07, 6.45) is 0.973. The fraction of sp³-hybridized carbons (Fsp3) is 0.278. The van der Waals surface area contributed by atoms with E-state index in [0.29, 0.717) is 18.2 Å². The van der Waals surface area contributed by atoms with Crippen molar-refractivity contribution in [1.29, 1.82) is 5.26 Å². The van der Waals surface area contributed by atoms with Crippen molar-refractivity contribution >= 4 is 0 Å². The third-order valence-electron chi connectivity index (χ3n) is 3.44. The van der Waals surface area contributed by atoms with Crippen molar-refractivity contribution in [2.24, 2.45) is 0 Å². The quantitative estimate of drug-likeness (QED) is 0.883. The molecule has 0 aromatic heterocycles. The van der Waals surface area contributed by atoms with Gasteiger partial charge in [-0.2, -0.15) is 5.26 Å². The lowest BCUT2D eigenvalue weighted by atomic mass is 10.1. The Bertz CT molecular complexity index is 617. The molecular weight excluding hydrogens is 260 g/mol. The first-order valence-corrected chi connectivity index (χ1v) is 7.07. The smallest absolute Gasteiger partial charge is 0.123 e. The summed E-state index contributed by atoms with van der Waals surface area (Å²) in [5.74, 6) is 0.813. The van der Waals surface area contributed by atoms with Crippen LogP contribution in [0.4, 0.5) is 0 Å². The van der Waals surface area contributed by atoms with Crippen molar-refractivity contribution in [3.05, 3.63) is 65.2 Å². The molecule has 0 aliphatic heterocycles. The van der Waals surface area contributed by atoms with Crippen LogP contribution in [-0.2, 0) is 13.0 Å². The Labute approximate surface area is 126 Å². The van der Waals surface area contributed by atoms with Crippen LogP contribution >= 0.6 is 0 Å². The average molecular weight is 280 g/mol. The number of methoxy groups -OCH3 is 1. The van der Waals surface area contributed by atoms with Crippen LogP contribution in [0.1, 0.15) is 23.6 Å². The van der Waals surface area contributed by atoms with Crippen LogP contribution in [-0.4, -0.2) is 13.2 Å². The summed E-state index contributed by atoms with van der Waals surface area (Å²) in [4.78, 5) is 0. The van der Waals surface area contributed by atoms with E-state index in [1.807, 2.05) is 18.2 Å². The van der Waals surface area contributed by atoms with Gasteiger partial charge in [-0.05, 0) is 37.1 Å². The van der Waals surface area contributed by atoms with Gasteiger partial charge in [0.2, 0.25) is 0 Å². The van der Waals surface area contributed by atoms with Crippen molar-refractivity contribution in [3.8, 4) is 11.8 Å². The van der Waals surface area contributed by atoms with Crippen molar-refractivity contribution in [1.82, 2.24) is 5.32 Å². The van der Waals surface area contributed by atoms with Gasteiger partial charge >= 0.3 is 0 Å². The highest BCUT2D eigenvalue weighted by Gasteiger charge is 2.07. The molecule has 0 saturated carbocycles. The van der Waals surface area contributed by atoms with Gasteiger partial charge in [-0.15, -0.1) is 0 Å². The number of hydrogen-bond acceptors (Lipinski definition) is 3. The number of rotatable bonds is 6. The number of ether oxygens (including phenoxy) is 1. The van der Waals surface area contributed by atoms with Gasteiger partial charge in [-0.1, -0.05) is 30.3 Å². The molecule has 108 valence electrons. The number of nitrogens with zero attached hydrogens (tertiary/aromatic N) is 1. The third-order valence-corrected chi connectivity index (χ3v) is 3.44. The second kappa shape index (κ2) is 7.47. The van der Waals surface area contributed by atoms with Gasteiger partial charge in [0.25, 0.3) is 0 Å². The van der Waals surface area contributed by atoms with Crippen LogP contribution in [0, 0.1) is 11.3 Å². The monoisotopic (exact) mass is 280 g/mol. The van der Waals surface area contributed by atoms with E-state index < -0.39 is 0 Å². The molecule has 21 heavy (non-hydrogen) atoms. The maximum absolute atomic E-state index is 8.99. The molecule has 2 rings (SSSR count). The average Bonchev–Trinajstić information content (AvgIpc) is 2.53. The van der Waals surface area contributed by atoms with Crippen molar-refractivity contribution < 1.29 is 4.74 Å². The van der Waals surface area contributed by atoms with Crippen LogP contribution < -0.4 is 10.1 Å². The maximum Gasteiger partial charge on any atom is 0.123 e. The summed E-state index contributed by atoms with van der Waals surface area (Å²) in [6.45, 7) is 2.85. The topological polar surface area (TPSA) is 45.0 Å². The van der Waals surface area contributed by atoms with Crippen LogP contribution in [0.5, 0.6) is 5.75 Å². The molecule has 3 heteroatoms. The second-order valence-electron chi connectivity index (χ2n) is 5.11. The van der Waals surface area contributed by atoms with E-state index >= 15 is 0 Å². The summed E-state index contributed by atoms with van der Waals surface area (Å²) in [5.41, 5.74) is 2.98. The minimum absolute atomic E-state index is 0.350. The number of benzene rings is 2. The molecule has 1 atom stereocenters.